The number of carbonyl (C=O) groups is 2. The topological polar surface area (TPSA) is 55.4 Å². The molecule has 0 unspecified atom stereocenters. The number of rotatable bonds is 6. The molecule has 0 radical (unpaired) electrons. The fourth-order valence-corrected chi connectivity index (χ4v) is 4.41. The molecule has 27 heavy (non-hydrogen) atoms. The number of esters is 1. The third-order valence-corrected chi connectivity index (χ3v) is 6.22. The molecular weight excluding hydrogens is 402 g/mol. The van der Waals surface area contributed by atoms with Gasteiger partial charge in [-0.15, -0.1) is 23.1 Å². The van der Waals surface area contributed by atoms with Crippen LogP contribution in [0, 0.1) is 0 Å². The first-order chi connectivity index (χ1) is 13.1. The van der Waals surface area contributed by atoms with E-state index in [4.69, 9.17) is 16.3 Å². The van der Waals surface area contributed by atoms with Crippen LogP contribution in [0.25, 0.3) is 0 Å². The first-order valence-corrected chi connectivity index (χ1v) is 10.3. The van der Waals surface area contributed by atoms with Gasteiger partial charge in [0.2, 0.25) is 0 Å². The molecule has 0 aliphatic heterocycles. The molecule has 138 valence electrons. The highest BCUT2D eigenvalue weighted by Crippen LogP contribution is 2.29. The highest BCUT2D eigenvalue weighted by molar-refractivity contribution is 7.98. The predicted molar refractivity (Wildman–Crippen MR) is 111 cm³/mol. The summed E-state index contributed by atoms with van der Waals surface area (Å²) in [5.41, 5.74) is 1.26. The van der Waals surface area contributed by atoms with E-state index in [1.54, 1.807) is 41.3 Å². The molecule has 3 rings (SSSR count). The fraction of sp³-hybridized carbons (Fsp3) is 0.100. The van der Waals surface area contributed by atoms with Gasteiger partial charge in [-0.1, -0.05) is 29.8 Å². The monoisotopic (exact) mass is 417 g/mol. The minimum absolute atomic E-state index is 0.206. The zero-order chi connectivity index (χ0) is 19.2. The van der Waals surface area contributed by atoms with Crippen molar-refractivity contribution in [1.29, 1.82) is 0 Å². The summed E-state index contributed by atoms with van der Waals surface area (Å²) in [5.74, 6) is 0.000449. The Hall–Kier alpha value is -2.28. The molecule has 0 bridgehead atoms. The summed E-state index contributed by atoms with van der Waals surface area (Å²) >= 11 is 9.32. The average molecular weight is 418 g/mol. The van der Waals surface area contributed by atoms with Gasteiger partial charge in [0.05, 0.1) is 23.3 Å². The number of nitrogens with one attached hydrogen (secondary N) is 1. The van der Waals surface area contributed by atoms with E-state index in [1.165, 1.54) is 18.1 Å². The lowest BCUT2D eigenvalue weighted by Crippen LogP contribution is -2.13. The van der Waals surface area contributed by atoms with Gasteiger partial charge in [-0.3, -0.25) is 4.79 Å². The van der Waals surface area contributed by atoms with E-state index in [2.05, 4.69) is 11.4 Å². The minimum Gasteiger partial charge on any atom is -0.465 e. The molecule has 1 heterocycles. The van der Waals surface area contributed by atoms with Gasteiger partial charge >= 0.3 is 5.97 Å². The van der Waals surface area contributed by atoms with Crippen LogP contribution in [0.15, 0.2) is 64.9 Å². The summed E-state index contributed by atoms with van der Waals surface area (Å²) in [7, 11) is 1.28. The second-order valence-corrected chi connectivity index (χ2v) is 7.96. The molecule has 0 saturated carbocycles. The molecule has 1 amide bonds. The van der Waals surface area contributed by atoms with Crippen LogP contribution >= 0.6 is 34.7 Å². The van der Waals surface area contributed by atoms with Gasteiger partial charge in [-0.05, 0) is 41.8 Å². The molecule has 1 aromatic heterocycles. The number of thiophene rings is 1. The van der Waals surface area contributed by atoms with Gasteiger partial charge in [0.25, 0.3) is 5.91 Å². The van der Waals surface area contributed by atoms with Crippen molar-refractivity contribution >= 4 is 52.3 Å². The van der Waals surface area contributed by atoms with Gasteiger partial charge in [0.15, 0.2) is 0 Å². The molecule has 0 saturated heterocycles. The van der Waals surface area contributed by atoms with Gasteiger partial charge in [-0.25, -0.2) is 4.79 Å². The van der Waals surface area contributed by atoms with Crippen LogP contribution in [0.1, 0.15) is 25.6 Å². The number of carbonyl (C=O) groups excluding carboxylic acids is 2. The standard InChI is InChI=1S/C20H16ClNO3S2/c1-25-20(24)16-11-13(8-9-17(16)21)22-19(23)15-6-2-3-7-18(15)27-12-14-5-4-10-26-14/h2-11H,12H2,1H3,(H,22,23). The number of thioether (sulfide) groups is 1. The average Bonchev–Trinajstić information content (AvgIpc) is 3.21. The van der Waals surface area contributed by atoms with Crippen LogP contribution in [0.4, 0.5) is 5.69 Å². The second kappa shape index (κ2) is 9.08. The molecule has 2 aromatic carbocycles. The Balaban J connectivity index is 1.77. The van der Waals surface area contributed by atoms with Crippen LogP contribution in [-0.4, -0.2) is 19.0 Å². The quantitative estimate of drug-likeness (QED) is 0.411. The number of ether oxygens (including phenoxy) is 1. The number of benzene rings is 2. The minimum atomic E-state index is -0.553. The normalized spacial score (nSPS) is 10.4. The maximum atomic E-state index is 12.8. The predicted octanol–water partition coefficient (Wildman–Crippen LogP) is 5.73. The summed E-state index contributed by atoms with van der Waals surface area (Å²) in [6, 6.07) is 16.2. The Bertz CT molecular complexity index is 958. The first-order valence-electron chi connectivity index (χ1n) is 8.02. The molecule has 7 heteroatoms. The molecule has 0 aliphatic rings. The molecule has 0 atom stereocenters. The van der Waals surface area contributed by atoms with Gasteiger partial charge in [-0.2, -0.15) is 0 Å². The smallest absolute Gasteiger partial charge is 0.339 e. The van der Waals surface area contributed by atoms with E-state index in [9.17, 15) is 9.59 Å². The number of anilines is 1. The summed E-state index contributed by atoms with van der Waals surface area (Å²) in [6.07, 6.45) is 0. The van der Waals surface area contributed by atoms with E-state index < -0.39 is 5.97 Å². The van der Waals surface area contributed by atoms with Gasteiger partial charge in [0.1, 0.15) is 0 Å². The maximum absolute atomic E-state index is 12.8. The molecule has 0 aliphatic carbocycles. The number of methoxy groups -OCH3 is 1. The first kappa shape index (κ1) is 19.5. The Morgan fingerprint density at radius 3 is 2.67 bits per heavy atom. The highest BCUT2D eigenvalue weighted by Gasteiger charge is 2.15. The van der Waals surface area contributed by atoms with Crippen molar-refractivity contribution in [3.8, 4) is 0 Å². The van der Waals surface area contributed by atoms with Crippen LogP contribution < -0.4 is 5.32 Å². The second-order valence-electron chi connectivity index (χ2n) is 5.50. The molecule has 3 aromatic rings. The Labute approximate surface area is 170 Å². The fourth-order valence-electron chi connectivity index (χ4n) is 2.39. The SMILES string of the molecule is COC(=O)c1cc(NC(=O)c2ccccc2SCc2cccs2)ccc1Cl. The lowest BCUT2D eigenvalue weighted by Gasteiger charge is -2.11. The third kappa shape index (κ3) is 4.91. The molecule has 1 N–H and O–H groups in total. The van der Waals surface area contributed by atoms with Crippen LogP contribution in [0.2, 0.25) is 5.02 Å². The number of amides is 1. The highest BCUT2D eigenvalue weighted by atomic mass is 35.5. The number of hydrogen-bond donors (Lipinski definition) is 1. The van der Waals surface area contributed by atoms with E-state index in [-0.39, 0.29) is 16.5 Å². The van der Waals surface area contributed by atoms with Gasteiger partial charge < -0.3 is 10.1 Å². The zero-order valence-electron chi connectivity index (χ0n) is 14.4. The number of halogens is 1. The maximum Gasteiger partial charge on any atom is 0.339 e. The van der Waals surface area contributed by atoms with Crippen molar-refractivity contribution in [3.05, 3.63) is 81.0 Å². The summed E-state index contributed by atoms with van der Waals surface area (Å²) in [6.45, 7) is 0. The van der Waals surface area contributed by atoms with E-state index >= 15 is 0 Å². The molecular formula is C20H16ClNO3S2. The zero-order valence-corrected chi connectivity index (χ0v) is 16.8. The van der Waals surface area contributed by atoms with Crippen molar-refractivity contribution in [1.82, 2.24) is 0 Å². The van der Waals surface area contributed by atoms with E-state index in [0.717, 1.165) is 10.6 Å². The molecule has 4 nitrogen and oxygen atoms in total. The van der Waals surface area contributed by atoms with Crippen LogP contribution in [-0.2, 0) is 10.5 Å². The van der Waals surface area contributed by atoms with E-state index in [1.807, 2.05) is 29.6 Å². The largest absolute Gasteiger partial charge is 0.465 e. The molecule has 0 fully saturated rings. The van der Waals surface area contributed by atoms with Crippen molar-refractivity contribution in [2.24, 2.45) is 0 Å². The number of hydrogen-bond acceptors (Lipinski definition) is 5. The Morgan fingerprint density at radius 1 is 1.11 bits per heavy atom. The lowest BCUT2D eigenvalue weighted by atomic mass is 10.1. The lowest BCUT2D eigenvalue weighted by molar-refractivity contribution is 0.0600. The van der Waals surface area contributed by atoms with Crippen molar-refractivity contribution in [2.75, 3.05) is 12.4 Å². The van der Waals surface area contributed by atoms with Crippen molar-refractivity contribution in [2.45, 2.75) is 10.6 Å². The van der Waals surface area contributed by atoms with Gasteiger partial charge in [0, 0.05) is 21.2 Å². The summed E-state index contributed by atoms with van der Waals surface area (Å²) in [4.78, 5) is 26.7. The van der Waals surface area contributed by atoms with E-state index in [0.29, 0.717) is 11.3 Å². The Kier molecular flexibility index (Phi) is 6.55. The van der Waals surface area contributed by atoms with Crippen LogP contribution in [0.5, 0.6) is 0 Å². The summed E-state index contributed by atoms with van der Waals surface area (Å²) < 4.78 is 4.71. The summed E-state index contributed by atoms with van der Waals surface area (Å²) in [5, 5.41) is 5.13. The van der Waals surface area contributed by atoms with Crippen molar-refractivity contribution < 1.29 is 14.3 Å². The Morgan fingerprint density at radius 2 is 1.93 bits per heavy atom. The molecule has 0 spiro atoms. The van der Waals surface area contributed by atoms with Crippen LogP contribution in [0.3, 0.4) is 0 Å². The van der Waals surface area contributed by atoms with Crippen molar-refractivity contribution in [3.63, 3.8) is 0 Å². The third-order valence-electron chi connectivity index (χ3n) is 3.71.